The fourth-order valence-corrected chi connectivity index (χ4v) is 1.84. The zero-order chi connectivity index (χ0) is 8.97. The van der Waals surface area contributed by atoms with Crippen LogP contribution in [0.2, 0.25) is 0 Å². The molecule has 1 heterocycles. The molecule has 1 fully saturated rings. The van der Waals surface area contributed by atoms with E-state index in [0.717, 1.165) is 12.8 Å². The summed E-state index contributed by atoms with van der Waals surface area (Å²) >= 11 is 0. The third kappa shape index (κ3) is 3.09. The molecule has 72 valence electrons. The summed E-state index contributed by atoms with van der Waals surface area (Å²) in [6.07, 6.45) is 2.82. The summed E-state index contributed by atoms with van der Waals surface area (Å²) in [5, 5.41) is 11.9. The molecule has 12 heavy (non-hydrogen) atoms. The highest BCUT2D eigenvalue weighted by Crippen LogP contribution is 2.18. The number of rotatable bonds is 3. The maximum absolute atomic E-state index is 8.63. The van der Waals surface area contributed by atoms with Crippen LogP contribution in [0.4, 0.5) is 0 Å². The van der Waals surface area contributed by atoms with Crippen LogP contribution in [0, 0.1) is 0 Å². The Kier molecular flexibility index (Phi) is 3.98. The predicted molar refractivity (Wildman–Crippen MR) is 48.1 cm³/mol. The van der Waals surface area contributed by atoms with Gasteiger partial charge in [-0.3, -0.25) is 0 Å². The Morgan fingerprint density at radius 1 is 1.33 bits per heavy atom. The van der Waals surface area contributed by atoms with Gasteiger partial charge in [0, 0.05) is 12.6 Å². The van der Waals surface area contributed by atoms with Crippen LogP contribution in [0.3, 0.4) is 0 Å². The molecular formula is C9H19NO2. The zero-order valence-electron chi connectivity index (χ0n) is 7.92. The molecule has 0 saturated carbocycles. The number of aliphatic hydroxyl groups excluding tert-OH is 1. The van der Waals surface area contributed by atoms with Crippen LogP contribution in [-0.2, 0) is 4.74 Å². The molecule has 2 atom stereocenters. The van der Waals surface area contributed by atoms with E-state index in [1.807, 2.05) is 0 Å². The quantitative estimate of drug-likeness (QED) is 0.654. The number of aliphatic hydroxyl groups is 1. The van der Waals surface area contributed by atoms with Crippen molar-refractivity contribution in [3.63, 3.8) is 0 Å². The van der Waals surface area contributed by atoms with E-state index in [9.17, 15) is 0 Å². The van der Waals surface area contributed by atoms with Gasteiger partial charge < -0.3 is 15.2 Å². The fourth-order valence-electron chi connectivity index (χ4n) is 1.84. The van der Waals surface area contributed by atoms with Gasteiger partial charge in [0.1, 0.15) is 0 Å². The van der Waals surface area contributed by atoms with Gasteiger partial charge in [-0.15, -0.1) is 0 Å². The van der Waals surface area contributed by atoms with Gasteiger partial charge in [0.05, 0.1) is 18.8 Å². The molecule has 1 aliphatic rings. The lowest BCUT2D eigenvalue weighted by atomic mass is 10.00. The van der Waals surface area contributed by atoms with Gasteiger partial charge in [-0.25, -0.2) is 0 Å². The van der Waals surface area contributed by atoms with Crippen LogP contribution < -0.4 is 5.32 Å². The molecule has 0 bridgehead atoms. The zero-order valence-corrected chi connectivity index (χ0v) is 7.92. The van der Waals surface area contributed by atoms with Crippen molar-refractivity contribution in [2.45, 2.75) is 44.9 Å². The van der Waals surface area contributed by atoms with Crippen LogP contribution in [0.15, 0.2) is 0 Å². The Morgan fingerprint density at radius 3 is 2.42 bits per heavy atom. The Hall–Kier alpha value is -0.120. The van der Waals surface area contributed by atoms with Gasteiger partial charge in [-0.2, -0.15) is 0 Å². The first-order valence-corrected chi connectivity index (χ1v) is 4.72. The van der Waals surface area contributed by atoms with Crippen LogP contribution in [0.5, 0.6) is 0 Å². The van der Waals surface area contributed by atoms with E-state index in [2.05, 4.69) is 19.2 Å². The average Bonchev–Trinajstić information content (AvgIpc) is 1.99. The fraction of sp³-hybridized carbons (Fsp3) is 1.00. The van der Waals surface area contributed by atoms with Crippen molar-refractivity contribution in [2.75, 3.05) is 13.2 Å². The number of nitrogens with one attached hydrogen (secondary N) is 1. The van der Waals surface area contributed by atoms with E-state index in [0.29, 0.717) is 24.8 Å². The van der Waals surface area contributed by atoms with Crippen molar-refractivity contribution in [3.05, 3.63) is 0 Å². The van der Waals surface area contributed by atoms with E-state index in [-0.39, 0.29) is 6.61 Å². The van der Waals surface area contributed by atoms with Crippen molar-refractivity contribution >= 4 is 0 Å². The minimum absolute atomic E-state index is 0.222. The van der Waals surface area contributed by atoms with Crippen LogP contribution >= 0.6 is 0 Å². The Balaban J connectivity index is 2.24. The lowest BCUT2D eigenvalue weighted by Crippen LogP contribution is -2.42. The molecule has 1 saturated heterocycles. The molecule has 0 amide bonds. The van der Waals surface area contributed by atoms with Gasteiger partial charge in [0.15, 0.2) is 0 Å². The first kappa shape index (κ1) is 9.96. The highest BCUT2D eigenvalue weighted by molar-refractivity contribution is 4.78. The molecule has 0 spiro atoms. The largest absolute Gasteiger partial charge is 0.395 e. The summed E-state index contributed by atoms with van der Waals surface area (Å²) in [6.45, 7) is 5.12. The Labute approximate surface area is 74.1 Å². The summed E-state index contributed by atoms with van der Waals surface area (Å²) in [6, 6.07) is 0.524. The molecule has 3 heteroatoms. The molecule has 0 radical (unpaired) electrons. The molecule has 0 aromatic carbocycles. The van der Waals surface area contributed by atoms with E-state index in [1.54, 1.807) is 0 Å². The van der Waals surface area contributed by atoms with Crippen molar-refractivity contribution < 1.29 is 9.84 Å². The maximum Gasteiger partial charge on any atom is 0.0565 e. The lowest BCUT2D eigenvalue weighted by molar-refractivity contribution is -0.0423. The van der Waals surface area contributed by atoms with Crippen LogP contribution in [0.1, 0.15) is 26.7 Å². The Bertz CT molecular complexity index is 120. The number of ether oxygens (including phenoxy) is 1. The minimum Gasteiger partial charge on any atom is -0.395 e. The van der Waals surface area contributed by atoms with Crippen LogP contribution in [-0.4, -0.2) is 36.5 Å². The average molecular weight is 173 g/mol. The van der Waals surface area contributed by atoms with Crippen molar-refractivity contribution in [1.29, 1.82) is 0 Å². The van der Waals surface area contributed by atoms with Crippen molar-refractivity contribution in [1.82, 2.24) is 5.32 Å². The molecule has 0 aromatic heterocycles. The predicted octanol–water partition coefficient (Wildman–Crippen LogP) is 0.524. The summed E-state index contributed by atoms with van der Waals surface area (Å²) in [5.74, 6) is 0. The number of hydrogen-bond donors (Lipinski definition) is 2. The van der Waals surface area contributed by atoms with Gasteiger partial charge >= 0.3 is 0 Å². The maximum atomic E-state index is 8.63. The standard InChI is InChI=1S/C9H19NO2/c1-7-5-9(10-3-4-11)6-8(2)12-7/h7-11H,3-6H2,1-2H3/t7-,8-/m0/s1. The summed E-state index contributed by atoms with van der Waals surface area (Å²) in [5.41, 5.74) is 0. The molecule has 2 N–H and O–H groups in total. The second kappa shape index (κ2) is 4.80. The topological polar surface area (TPSA) is 41.5 Å². The summed E-state index contributed by atoms with van der Waals surface area (Å²) < 4.78 is 5.59. The normalized spacial score (nSPS) is 36.8. The molecule has 3 nitrogen and oxygen atoms in total. The highest BCUT2D eigenvalue weighted by Gasteiger charge is 2.23. The third-order valence-corrected chi connectivity index (χ3v) is 2.24. The van der Waals surface area contributed by atoms with Crippen molar-refractivity contribution in [2.24, 2.45) is 0 Å². The molecule has 1 rings (SSSR count). The van der Waals surface area contributed by atoms with E-state index in [4.69, 9.17) is 9.84 Å². The van der Waals surface area contributed by atoms with E-state index >= 15 is 0 Å². The van der Waals surface area contributed by atoms with Gasteiger partial charge in [-0.1, -0.05) is 0 Å². The first-order chi connectivity index (χ1) is 5.72. The molecule has 0 aliphatic carbocycles. The van der Waals surface area contributed by atoms with Gasteiger partial charge in [-0.05, 0) is 26.7 Å². The van der Waals surface area contributed by atoms with E-state index in [1.165, 1.54) is 0 Å². The highest BCUT2D eigenvalue weighted by atomic mass is 16.5. The second-order valence-electron chi connectivity index (χ2n) is 3.60. The van der Waals surface area contributed by atoms with E-state index < -0.39 is 0 Å². The molecule has 0 unspecified atom stereocenters. The minimum atomic E-state index is 0.222. The third-order valence-electron chi connectivity index (χ3n) is 2.24. The van der Waals surface area contributed by atoms with Gasteiger partial charge in [0.2, 0.25) is 0 Å². The first-order valence-electron chi connectivity index (χ1n) is 4.72. The molecule has 1 aliphatic heterocycles. The summed E-state index contributed by atoms with van der Waals surface area (Å²) in [4.78, 5) is 0. The smallest absolute Gasteiger partial charge is 0.0565 e. The second-order valence-corrected chi connectivity index (χ2v) is 3.60. The number of hydrogen-bond acceptors (Lipinski definition) is 3. The molecule has 0 aromatic rings. The lowest BCUT2D eigenvalue weighted by Gasteiger charge is -2.32. The van der Waals surface area contributed by atoms with Crippen LogP contribution in [0.25, 0.3) is 0 Å². The summed E-state index contributed by atoms with van der Waals surface area (Å²) in [7, 11) is 0. The monoisotopic (exact) mass is 173 g/mol. The van der Waals surface area contributed by atoms with Gasteiger partial charge in [0.25, 0.3) is 0 Å². The van der Waals surface area contributed by atoms with Crippen molar-refractivity contribution in [3.8, 4) is 0 Å². The molecular weight excluding hydrogens is 154 g/mol. The Morgan fingerprint density at radius 2 is 1.92 bits per heavy atom. The SMILES string of the molecule is C[C@H]1CC(NCCO)C[C@H](C)O1.